The minimum Gasteiger partial charge on any atom is -0.468 e. The van der Waals surface area contributed by atoms with Gasteiger partial charge in [-0.1, -0.05) is 24.3 Å². The molecule has 0 aliphatic rings. The number of hydrogen-bond acceptors (Lipinski definition) is 5. The molecule has 0 aliphatic heterocycles. The van der Waals surface area contributed by atoms with Crippen molar-refractivity contribution < 1.29 is 18.7 Å². The van der Waals surface area contributed by atoms with Crippen molar-refractivity contribution in [1.82, 2.24) is 4.57 Å². The van der Waals surface area contributed by atoms with E-state index in [0.29, 0.717) is 20.6 Å². The first-order chi connectivity index (χ1) is 13.0. The predicted molar refractivity (Wildman–Crippen MR) is 105 cm³/mol. The summed E-state index contributed by atoms with van der Waals surface area (Å²) in [6.07, 6.45) is 0. The molecule has 0 N–H and O–H groups in total. The number of carbonyl (C=O) groups excluding carboxylic acids is 2. The SMILES string of the molecule is CCSc1cccc(C(=O)N=c2sc3cc(F)ccc3n2CC(=O)OC)c1. The van der Waals surface area contributed by atoms with Crippen molar-refractivity contribution in [2.45, 2.75) is 18.4 Å². The zero-order valence-electron chi connectivity index (χ0n) is 14.8. The van der Waals surface area contributed by atoms with Gasteiger partial charge >= 0.3 is 5.97 Å². The second-order valence-electron chi connectivity index (χ2n) is 5.54. The van der Waals surface area contributed by atoms with Crippen LogP contribution in [0.25, 0.3) is 10.2 Å². The Bertz CT molecular complexity index is 1070. The van der Waals surface area contributed by atoms with Crippen LogP contribution in [0, 0.1) is 5.82 Å². The summed E-state index contributed by atoms with van der Waals surface area (Å²) >= 11 is 2.78. The third-order valence-electron chi connectivity index (χ3n) is 3.75. The molecular weight excluding hydrogens is 387 g/mol. The first-order valence-electron chi connectivity index (χ1n) is 8.19. The quantitative estimate of drug-likeness (QED) is 0.478. The topological polar surface area (TPSA) is 60.7 Å². The number of rotatable bonds is 5. The molecule has 0 aliphatic carbocycles. The van der Waals surface area contributed by atoms with Crippen LogP contribution in [0.1, 0.15) is 17.3 Å². The van der Waals surface area contributed by atoms with E-state index in [-0.39, 0.29) is 6.54 Å². The van der Waals surface area contributed by atoms with Gasteiger partial charge in [0, 0.05) is 10.5 Å². The minimum absolute atomic E-state index is 0.111. The molecule has 8 heteroatoms. The molecule has 0 unspecified atom stereocenters. The molecule has 0 atom stereocenters. The van der Waals surface area contributed by atoms with Crippen molar-refractivity contribution in [3.63, 3.8) is 0 Å². The van der Waals surface area contributed by atoms with Gasteiger partial charge < -0.3 is 9.30 Å². The molecule has 2 aromatic carbocycles. The first kappa shape index (κ1) is 19.3. The van der Waals surface area contributed by atoms with Gasteiger partial charge in [0.15, 0.2) is 4.80 Å². The van der Waals surface area contributed by atoms with Crippen molar-refractivity contribution >= 4 is 45.2 Å². The highest BCUT2D eigenvalue weighted by molar-refractivity contribution is 7.99. The van der Waals surface area contributed by atoms with Crippen LogP contribution in [-0.2, 0) is 16.1 Å². The van der Waals surface area contributed by atoms with E-state index in [1.54, 1.807) is 34.5 Å². The van der Waals surface area contributed by atoms with Gasteiger partial charge in [0.25, 0.3) is 5.91 Å². The van der Waals surface area contributed by atoms with Crippen LogP contribution in [0.5, 0.6) is 0 Å². The molecule has 140 valence electrons. The largest absolute Gasteiger partial charge is 0.468 e. The average Bonchev–Trinajstić information content (AvgIpc) is 2.98. The maximum atomic E-state index is 13.6. The highest BCUT2D eigenvalue weighted by Gasteiger charge is 2.13. The summed E-state index contributed by atoms with van der Waals surface area (Å²) in [6.45, 7) is 1.93. The molecule has 0 fully saturated rings. The van der Waals surface area contributed by atoms with Crippen LogP contribution in [0.15, 0.2) is 52.4 Å². The van der Waals surface area contributed by atoms with Crippen LogP contribution >= 0.6 is 23.1 Å². The summed E-state index contributed by atoms with van der Waals surface area (Å²) in [6, 6.07) is 11.5. The zero-order chi connectivity index (χ0) is 19.4. The molecule has 0 saturated heterocycles. The highest BCUT2D eigenvalue weighted by Crippen LogP contribution is 2.20. The molecule has 0 bridgehead atoms. The van der Waals surface area contributed by atoms with Gasteiger partial charge in [-0.05, 0) is 42.2 Å². The Labute approximate surface area is 163 Å². The van der Waals surface area contributed by atoms with Crippen LogP contribution < -0.4 is 4.80 Å². The summed E-state index contributed by atoms with van der Waals surface area (Å²) in [7, 11) is 1.29. The Kier molecular flexibility index (Phi) is 6.08. The molecule has 0 spiro atoms. The van der Waals surface area contributed by atoms with E-state index in [1.807, 2.05) is 19.1 Å². The zero-order valence-corrected chi connectivity index (χ0v) is 16.4. The van der Waals surface area contributed by atoms with Gasteiger partial charge in [0.05, 0.1) is 17.3 Å². The number of halogens is 1. The van der Waals surface area contributed by atoms with Gasteiger partial charge in [0.1, 0.15) is 12.4 Å². The lowest BCUT2D eigenvalue weighted by Crippen LogP contribution is -2.22. The number of hydrogen-bond donors (Lipinski definition) is 0. The van der Waals surface area contributed by atoms with E-state index in [9.17, 15) is 14.0 Å². The Morgan fingerprint density at radius 1 is 1.26 bits per heavy atom. The number of aromatic nitrogens is 1. The number of ether oxygens (including phenoxy) is 1. The second kappa shape index (κ2) is 8.49. The normalized spacial score (nSPS) is 11.7. The summed E-state index contributed by atoms with van der Waals surface area (Å²) in [5.41, 5.74) is 1.08. The predicted octanol–water partition coefficient (Wildman–Crippen LogP) is 3.87. The highest BCUT2D eigenvalue weighted by atomic mass is 32.2. The summed E-state index contributed by atoms with van der Waals surface area (Å²) < 4.78 is 20.4. The van der Waals surface area contributed by atoms with Crippen LogP contribution in [0.2, 0.25) is 0 Å². The van der Waals surface area contributed by atoms with E-state index in [1.165, 1.54) is 19.2 Å². The fourth-order valence-electron chi connectivity index (χ4n) is 2.52. The molecule has 1 aromatic heterocycles. The molecule has 3 aromatic rings. The molecular formula is C19H17FN2O3S2. The number of benzene rings is 2. The van der Waals surface area contributed by atoms with Crippen molar-refractivity contribution in [3.8, 4) is 0 Å². The lowest BCUT2D eigenvalue weighted by molar-refractivity contribution is -0.141. The van der Waals surface area contributed by atoms with Crippen LogP contribution in [-0.4, -0.2) is 29.3 Å². The lowest BCUT2D eigenvalue weighted by atomic mass is 10.2. The summed E-state index contributed by atoms with van der Waals surface area (Å²) in [4.78, 5) is 29.9. The fourth-order valence-corrected chi connectivity index (χ4v) is 4.29. The van der Waals surface area contributed by atoms with E-state index in [0.717, 1.165) is 22.0 Å². The Hall–Kier alpha value is -2.45. The Morgan fingerprint density at radius 2 is 2.07 bits per heavy atom. The third kappa shape index (κ3) is 4.45. The third-order valence-corrected chi connectivity index (χ3v) is 5.67. The molecule has 1 heterocycles. The van der Waals surface area contributed by atoms with E-state index < -0.39 is 17.7 Å². The second-order valence-corrected chi connectivity index (χ2v) is 7.88. The maximum Gasteiger partial charge on any atom is 0.325 e. The van der Waals surface area contributed by atoms with E-state index in [4.69, 9.17) is 4.74 Å². The molecule has 1 amide bonds. The van der Waals surface area contributed by atoms with E-state index in [2.05, 4.69) is 4.99 Å². The number of carbonyl (C=O) groups is 2. The number of fused-ring (bicyclic) bond motifs is 1. The number of thiazole rings is 1. The molecule has 0 saturated carbocycles. The summed E-state index contributed by atoms with van der Waals surface area (Å²) in [5.74, 6) is -0.389. The number of nitrogens with zero attached hydrogens (tertiary/aromatic N) is 2. The summed E-state index contributed by atoms with van der Waals surface area (Å²) in [5, 5.41) is 0. The monoisotopic (exact) mass is 404 g/mol. The molecule has 5 nitrogen and oxygen atoms in total. The van der Waals surface area contributed by atoms with Gasteiger partial charge in [0.2, 0.25) is 0 Å². The number of thioether (sulfide) groups is 1. The number of esters is 1. The molecule has 0 radical (unpaired) electrons. The Morgan fingerprint density at radius 3 is 2.81 bits per heavy atom. The number of methoxy groups -OCH3 is 1. The molecule has 27 heavy (non-hydrogen) atoms. The minimum atomic E-state index is -0.478. The molecule has 3 rings (SSSR count). The van der Waals surface area contributed by atoms with Crippen molar-refractivity contribution in [1.29, 1.82) is 0 Å². The van der Waals surface area contributed by atoms with Gasteiger partial charge in [-0.25, -0.2) is 4.39 Å². The number of amides is 1. The van der Waals surface area contributed by atoms with Crippen molar-refractivity contribution in [2.75, 3.05) is 12.9 Å². The van der Waals surface area contributed by atoms with Gasteiger partial charge in [-0.15, -0.1) is 11.8 Å². The van der Waals surface area contributed by atoms with Crippen molar-refractivity contribution in [2.24, 2.45) is 4.99 Å². The fraction of sp³-hybridized carbons (Fsp3) is 0.211. The van der Waals surface area contributed by atoms with Crippen molar-refractivity contribution in [3.05, 3.63) is 58.6 Å². The standard InChI is InChI=1S/C19H17FN2O3S2/c1-3-26-14-6-4-5-12(9-14)18(24)21-19-22(11-17(23)25-2)15-8-7-13(20)10-16(15)27-19/h4-10H,3,11H2,1-2H3. The van der Waals surface area contributed by atoms with E-state index >= 15 is 0 Å². The van der Waals surface area contributed by atoms with Gasteiger partial charge in [-0.3, -0.25) is 9.59 Å². The lowest BCUT2D eigenvalue weighted by Gasteiger charge is -2.04. The van der Waals surface area contributed by atoms with Crippen LogP contribution in [0.3, 0.4) is 0 Å². The first-order valence-corrected chi connectivity index (χ1v) is 9.99. The average molecular weight is 404 g/mol. The maximum absolute atomic E-state index is 13.6. The Balaban J connectivity index is 2.08. The smallest absolute Gasteiger partial charge is 0.325 e. The van der Waals surface area contributed by atoms with Gasteiger partial charge in [-0.2, -0.15) is 4.99 Å². The van der Waals surface area contributed by atoms with Crippen LogP contribution in [0.4, 0.5) is 4.39 Å².